The minimum atomic E-state index is -1.02. The number of rotatable bonds is 7. The third kappa shape index (κ3) is 10.2. The molecule has 2 bridgehead atoms. The number of carbonyl (C=O) groups excluding carboxylic acids is 3. The Bertz CT molecular complexity index is 883. The fourth-order valence-corrected chi connectivity index (χ4v) is 4.69. The quantitative estimate of drug-likeness (QED) is 0.342. The van der Waals surface area contributed by atoms with E-state index in [1.807, 2.05) is 23.1 Å². The highest BCUT2D eigenvalue weighted by molar-refractivity contribution is 6.12. The summed E-state index contributed by atoms with van der Waals surface area (Å²) in [6, 6.07) is 4.73. The van der Waals surface area contributed by atoms with E-state index in [4.69, 9.17) is 17.6 Å². The SMILES string of the molecule is [B][C@@H]1CN(CC=O)CC(C)CCCC(=O)CCCc2cccc(n2)CN1C(CCC(=O)O)C(=O)OC. The van der Waals surface area contributed by atoms with Gasteiger partial charge in [0.1, 0.15) is 18.1 Å². The van der Waals surface area contributed by atoms with E-state index in [0.717, 1.165) is 24.8 Å². The topological polar surface area (TPSA) is 117 Å². The molecule has 2 unspecified atom stereocenters. The van der Waals surface area contributed by atoms with Crippen LogP contribution in [0.5, 0.6) is 0 Å². The van der Waals surface area contributed by atoms with Crippen LogP contribution in [0.2, 0.25) is 0 Å². The molecule has 3 atom stereocenters. The number of hydrogen-bond acceptors (Lipinski definition) is 8. The van der Waals surface area contributed by atoms with Crippen molar-refractivity contribution in [2.24, 2.45) is 5.92 Å². The first-order valence-electron chi connectivity index (χ1n) is 12.7. The third-order valence-electron chi connectivity index (χ3n) is 6.53. The van der Waals surface area contributed by atoms with Gasteiger partial charge in [-0.2, -0.15) is 0 Å². The second kappa shape index (κ2) is 15.5. The van der Waals surface area contributed by atoms with Crippen LogP contribution in [0.15, 0.2) is 18.2 Å². The van der Waals surface area contributed by atoms with Crippen molar-refractivity contribution in [2.75, 3.05) is 26.7 Å². The molecule has 2 heterocycles. The second-order valence-corrected chi connectivity index (χ2v) is 9.61. The van der Waals surface area contributed by atoms with Crippen LogP contribution in [0.3, 0.4) is 0 Å². The van der Waals surface area contributed by atoms with Crippen LogP contribution in [0, 0.1) is 5.92 Å². The summed E-state index contributed by atoms with van der Waals surface area (Å²) in [6.07, 6.45) is 4.70. The summed E-state index contributed by atoms with van der Waals surface area (Å²) in [4.78, 5) is 56.1. The average Bonchev–Trinajstić information content (AvgIpc) is 2.82. The predicted octanol–water partition coefficient (Wildman–Crippen LogP) is 2.00. The molecule has 1 aliphatic heterocycles. The molecule has 0 amide bonds. The molecule has 196 valence electrons. The van der Waals surface area contributed by atoms with Gasteiger partial charge >= 0.3 is 11.9 Å². The largest absolute Gasteiger partial charge is 0.481 e. The van der Waals surface area contributed by atoms with E-state index in [1.54, 1.807) is 4.90 Å². The minimum absolute atomic E-state index is 0.0294. The number of aliphatic carboxylic acids is 1. The molecular weight excluding hydrogens is 461 g/mol. The number of aldehydes is 1. The highest BCUT2D eigenvalue weighted by Crippen LogP contribution is 2.19. The number of Topliss-reactive ketones (excluding diaryl/α,β-unsaturated/α-hetero) is 1. The Labute approximate surface area is 215 Å². The van der Waals surface area contributed by atoms with Gasteiger partial charge in [-0.05, 0) is 56.1 Å². The highest BCUT2D eigenvalue weighted by atomic mass is 16.5. The minimum Gasteiger partial charge on any atom is -0.481 e. The van der Waals surface area contributed by atoms with E-state index in [9.17, 15) is 24.3 Å². The number of nitrogens with zero attached hydrogens (tertiary/aromatic N) is 3. The summed E-state index contributed by atoms with van der Waals surface area (Å²) < 4.78 is 5.01. The molecule has 1 aromatic heterocycles. The summed E-state index contributed by atoms with van der Waals surface area (Å²) in [5, 5.41) is 9.25. The molecule has 2 rings (SSSR count). The van der Waals surface area contributed by atoms with E-state index in [0.29, 0.717) is 44.5 Å². The summed E-state index contributed by atoms with van der Waals surface area (Å²) in [6.45, 7) is 3.37. The van der Waals surface area contributed by atoms with Crippen molar-refractivity contribution in [1.82, 2.24) is 14.8 Å². The predicted molar refractivity (Wildman–Crippen MR) is 135 cm³/mol. The molecule has 0 fully saturated rings. The van der Waals surface area contributed by atoms with Gasteiger partial charge in [-0.1, -0.05) is 13.0 Å². The lowest BCUT2D eigenvalue weighted by Gasteiger charge is -2.38. The molecule has 0 spiro atoms. The van der Waals surface area contributed by atoms with Crippen LogP contribution in [-0.2, 0) is 36.9 Å². The number of hydrogen-bond donors (Lipinski definition) is 1. The highest BCUT2D eigenvalue weighted by Gasteiger charge is 2.32. The lowest BCUT2D eigenvalue weighted by atomic mass is 9.90. The number of carboxylic acids is 1. The van der Waals surface area contributed by atoms with Crippen LogP contribution in [0.1, 0.15) is 63.3 Å². The zero-order valence-corrected chi connectivity index (χ0v) is 21.4. The second-order valence-electron chi connectivity index (χ2n) is 9.61. The van der Waals surface area contributed by atoms with Crippen molar-refractivity contribution >= 4 is 31.9 Å². The first-order chi connectivity index (χ1) is 17.2. The van der Waals surface area contributed by atoms with Crippen molar-refractivity contribution in [3.8, 4) is 0 Å². The number of carbonyl (C=O) groups is 4. The van der Waals surface area contributed by atoms with E-state index >= 15 is 0 Å². The number of ether oxygens (including phenoxy) is 1. The Kier molecular flexibility index (Phi) is 12.8. The molecule has 2 radical (unpaired) electrons. The summed E-state index contributed by atoms with van der Waals surface area (Å²) in [7, 11) is 7.90. The van der Waals surface area contributed by atoms with E-state index in [1.165, 1.54) is 7.11 Å². The zero-order chi connectivity index (χ0) is 26.5. The Morgan fingerprint density at radius 3 is 2.64 bits per heavy atom. The van der Waals surface area contributed by atoms with Gasteiger partial charge in [-0.3, -0.25) is 29.2 Å². The molecule has 0 saturated heterocycles. The van der Waals surface area contributed by atoms with E-state index in [2.05, 4.69) is 6.92 Å². The Morgan fingerprint density at radius 2 is 1.94 bits per heavy atom. The van der Waals surface area contributed by atoms with Crippen LogP contribution in [0.4, 0.5) is 0 Å². The van der Waals surface area contributed by atoms with Crippen molar-refractivity contribution < 1.29 is 29.0 Å². The Morgan fingerprint density at radius 1 is 1.22 bits per heavy atom. The number of aromatic nitrogens is 1. The van der Waals surface area contributed by atoms with Gasteiger partial charge in [-0.25, -0.2) is 0 Å². The lowest BCUT2D eigenvalue weighted by molar-refractivity contribution is -0.149. The van der Waals surface area contributed by atoms with Crippen LogP contribution in [-0.4, -0.2) is 90.5 Å². The maximum atomic E-state index is 12.7. The fourth-order valence-electron chi connectivity index (χ4n) is 4.69. The van der Waals surface area contributed by atoms with Gasteiger partial charge in [-0.15, -0.1) is 0 Å². The molecule has 0 aliphatic carbocycles. The smallest absolute Gasteiger partial charge is 0.323 e. The van der Waals surface area contributed by atoms with Gasteiger partial charge in [0.15, 0.2) is 0 Å². The summed E-state index contributed by atoms with van der Waals surface area (Å²) in [5.41, 5.74) is 1.52. The standard InChI is InChI=1S/C26H38BN3O6/c1-19-6-3-10-22(32)11-5-8-20-7-4-9-21(28-20)17-30(24(27)18-29(16-19)14-15-31)23(26(35)36-2)12-13-25(33)34/h4,7,9,15,19,23-24H,3,5-6,8,10-14,16-18H2,1-2H3,(H,33,34)/t19?,23?,24-/m0/s1. The van der Waals surface area contributed by atoms with Crippen molar-refractivity contribution in [2.45, 2.75) is 76.8 Å². The Hall–Kier alpha value is -2.59. The maximum Gasteiger partial charge on any atom is 0.323 e. The molecule has 1 aromatic rings. The van der Waals surface area contributed by atoms with Crippen molar-refractivity contribution in [1.29, 1.82) is 0 Å². The summed E-state index contributed by atoms with van der Waals surface area (Å²) in [5.74, 6) is -1.77. The normalized spacial score (nSPS) is 22.3. The first kappa shape index (κ1) is 29.6. The maximum absolute atomic E-state index is 12.7. The first-order valence-corrected chi connectivity index (χ1v) is 12.7. The zero-order valence-electron chi connectivity index (χ0n) is 21.4. The molecule has 0 saturated carbocycles. The third-order valence-corrected chi connectivity index (χ3v) is 6.53. The van der Waals surface area contributed by atoms with Gasteiger partial charge in [0.25, 0.3) is 0 Å². The number of methoxy groups -OCH3 is 1. The lowest BCUT2D eigenvalue weighted by Crippen LogP contribution is -2.52. The van der Waals surface area contributed by atoms with Crippen molar-refractivity contribution in [3.63, 3.8) is 0 Å². The molecule has 10 heteroatoms. The molecule has 9 nitrogen and oxygen atoms in total. The number of aryl methyl sites for hydroxylation is 1. The van der Waals surface area contributed by atoms with Crippen LogP contribution < -0.4 is 0 Å². The molecular formula is C26H38BN3O6. The van der Waals surface area contributed by atoms with E-state index in [-0.39, 0.29) is 37.6 Å². The molecule has 36 heavy (non-hydrogen) atoms. The molecule has 1 N–H and O–H groups in total. The molecule has 1 aliphatic rings. The number of esters is 1. The number of fused-ring (bicyclic) bond motifs is 2. The number of carboxylic acid groups (broad SMARTS) is 1. The summed E-state index contributed by atoms with van der Waals surface area (Å²) >= 11 is 0. The van der Waals surface area contributed by atoms with E-state index < -0.39 is 23.9 Å². The molecule has 0 aromatic carbocycles. The van der Waals surface area contributed by atoms with Gasteiger partial charge in [0.05, 0.1) is 27.2 Å². The fraction of sp³-hybridized carbons (Fsp3) is 0.654. The number of ketones is 1. The van der Waals surface area contributed by atoms with Gasteiger partial charge in [0.2, 0.25) is 0 Å². The average molecular weight is 499 g/mol. The number of pyridine rings is 1. The van der Waals surface area contributed by atoms with Gasteiger partial charge < -0.3 is 14.6 Å². The van der Waals surface area contributed by atoms with Crippen LogP contribution in [0.25, 0.3) is 0 Å². The monoisotopic (exact) mass is 499 g/mol. The van der Waals surface area contributed by atoms with Crippen molar-refractivity contribution in [3.05, 3.63) is 29.6 Å². The van der Waals surface area contributed by atoms with Crippen LogP contribution >= 0.6 is 0 Å². The Balaban J connectivity index is 2.40. The van der Waals surface area contributed by atoms with Gasteiger partial charge in [0, 0.05) is 44.6 Å².